The Kier molecular flexibility index (Phi) is 5.94. The molecule has 0 spiro atoms. The molecule has 5 nitrogen and oxygen atoms in total. The number of carbonyl (C=O) groups excluding carboxylic acids is 1. The highest BCUT2D eigenvalue weighted by Gasteiger charge is 2.36. The zero-order chi connectivity index (χ0) is 16.2. The molecule has 0 bridgehead atoms. The van der Waals surface area contributed by atoms with Crippen molar-refractivity contribution in [1.29, 1.82) is 0 Å². The number of amides is 1. The minimum atomic E-state index is -0.450. The third kappa shape index (κ3) is 4.25. The number of rotatable bonds is 2. The van der Waals surface area contributed by atoms with E-state index in [0.717, 1.165) is 51.7 Å². The number of piperidine rings is 2. The summed E-state index contributed by atoms with van der Waals surface area (Å²) in [5.74, 6) is 0.463. The van der Waals surface area contributed by atoms with Crippen molar-refractivity contribution in [3.63, 3.8) is 0 Å². The zero-order valence-electron chi connectivity index (χ0n) is 14.2. The van der Waals surface area contributed by atoms with Crippen LogP contribution in [0.3, 0.4) is 0 Å². The van der Waals surface area contributed by atoms with E-state index in [2.05, 4.69) is 4.90 Å². The Labute approximate surface area is 139 Å². The molecule has 2 heterocycles. The largest absolute Gasteiger partial charge is 0.393 e. The molecule has 3 fully saturated rings. The van der Waals surface area contributed by atoms with E-state index in [-0.39, 0.29) is 24.0 Å². The second kappa shape index (κ2) is 7.95. The summed E-state index contributed by atoms with van der Waals surface area (Å²) in [6, 6.07) is 0.153. The number of carbonyl (C=O) groups is 1. The van der Waals surface area contributed by atoms with E-state index in [0.29, 0.717) is 6.54 Å². The molecule has 5 heteroatoms. The van der Waals surface area contributed by atoms with Gasteiger partial charge in [0.2, 0.25) is 5.91 Å². The fraction of sp³-hybridized carbons (Fsp3) is 0.944. The first-order valence-corrected chi connectivity index (χ1v) is 9.54. The lowest BCUT2D eigenvalue weighted by atomic mass is 9.93. The van der Waals surface area contributed by atoms with Gasteiger partial charge in [0, 0.05) is 38.1 Å². The summed E-state index contributed by atoms with van der Waals surface area (Å²) in [5.41, 5.74) is 0. The summed E-state index contributed by atoms with van der Waals surface area (Å²) in [5, 5.41) is 20.2. The average Bonchev–Trinajstić information content (AvgIpc) is 2.84. The molecule has 1 aliphatic carbocycles. The van der Waals surface area contributed by atoms with Gasteiger partial charge in [0.1, 0.15) is 0 Å². The molecule has 0 aromatic carbocycles. The molecule has 0 aromatic heterocycles. The Balaban J connectivity index is 1.52. The van der Waals surface area contributed by atoms with Gasteiger partial charge in [-0.15, -0.1) is 0 Å². The number of likely N-dealkylation sites (tertiary alicyclic amines) is 2. The molecule has 1 saturated carbocycles. The standard InChI is InChI=1S/C18H32N2O3/c21-15-7-10-19(11-8-15)16-9-12-20(13-17(16)22)18(23)14-5-3-1-2-4-6-14/h14-17,21-22H,1-13H2/t16-,17-/m1/s1. The highest BCUT2D eigenvalue weighted by atomic mass is 16.3. The van der Waals surface area contributed by atoms with Crippen LogP contribution < -0.4 is 0 Å². The molecule has 0 radical (unpaired) electrons. The maximum atomic E-state index is 12.7. The highest BCUT2D eigenvalue weighted by molar-refractivity contribution is 5.79. The van der Waals surface area contributed by atoms with Gasteiger partial charge in [0.15, 0.2) is 0 Å². The Morgan fingerprint density at radius 2 is 1.48 bits per heavy atom. The second-order valence-corrected chi connectivity index (χ2v) is 7.66. The Bertz CT molecular complexity index is 388. The quantitative estimate of drug-likeness (QED) is 0.753. The maximum absolute atomic E-state index is 12.7. The first kappa shape index (κ1) is 17.2. The predicted molar refractivity (Wildman–Crippen MR) is 89.0 cm³/mol. The summed E-state index contributed by atoms with van der Waals surface area (Å²) in [6.45, 7) is 2.98. The van der Waals surface area contributed by atoms with Gasteiger partial charge in [-0.2, -0.15) is 0 Å². The fourth-order valence-electron chi connectivity index (χ4n) is 4.55. The van der Waals surface area contributed by atoms with E-state index in [1.165, 1.54) is 25.7 Å². The van der Waals surface area contributed by atoms with Crippen LogP contribution in [0, 0.1) is 5.92 Å². The Morgan fingerprint density at radius 3 is 2.09 bits per heavy atom. The lowest BCUT2D eigenvalue weighted by Gasteiger charge is -2.44. The van der Waals surface area contributed by atoms with Crippen molar-refractivity contribution in [3.8, 4) is 0 Å². The van der Waals surface area contributed by atoms with Crippen LogP contribution in [0.2, 0.25) is 0 Å². The van der Waals surface area contributed by atoms with Crippen molar-refractivity contribution >= 4 is 5.91 Å². The van der Waals surface area contributed by atoms with Crippen LogP contribution in [0.5, 0.6) is 0 Å². The van der Waals surface area contributed by atoms with E-state index in [1.54, 1.807) is 0 Å². The normalized spacial score (nSPS) is 32.7. The van der Waals surface area contributed by atoms with Gasteiger partial charge < -0.3 is 15.1 Å². The molecule has 2 saturated heterocycles. The lowest BCUT2D eigenvalue weighted by molar-refractivity contribution is -0.141. The molecule has 132 valence electrons. The number of hydrogen-bond donors (Lipinski definition) is 2. The fourth-order valence-corrected chi connectivity index (χ4v) is 4.55. The first-order valence-electron chi connectivity index (χ1n) is 9.54. The SMILES string of the molecule is O=C(C1CCCCCC1)N1CC[C@@H](N2CCC(O)CC2)[C@H](O)C1. The van der Waals surface area contributed by atoms with E-state index in [9.17, 15) is 15.0 Å². The van der Waals surface area contributed by atoms with Crippen LogP contribution in [0.1, 0.15) is 57.8 Å². The summed E-state index contributed by atoms with van der Waals surface area (Å²) in [7, 11) is 0. The average molecular weight is 324 g/mol. The van der Waals surface area contributed by atoms with Gasteiger partial charge >= 0.3 is 0 Å². The minimum Gasteiger partial charge on any atom is -0.393 e. The minimum absolute atomic E-state index is 0.153. The maximum Gasteiger partial charge on any atom is 0.225 e. The smallest absolute Gasteiger partial charge is 0.225 e. The lowest BCUT2D eigenvalue weighted by Crippen LogP contribution is -2.57. The number of aliphatic hydroxyl groups excluding tert-OH is 2. The molecular weight excluding hydrogens is 292 g/mol. The van der Waals surface area contributed by atoms with E-state index < -0.39 is 6.10 Å². The molecule has 0 aromatic rings. The van der Waals surface area contributed by atoms with Crippen molar-refractivity contribution in [2.75, 3.05) is 26.2 Å². The molecule has 2 aliphatic heterocycles. The highest BCUT2D eigenvalue weighted by Crippen LogP contribution is 2.27. The predicted octanol–water partition coefficient (Wildman–Crippen LogP) is 1.38. The molecule has 1 amide bonds. The summed E-state index contributed by atoms with van der Waals surface area (Å²) < 4.78 is 0. The summed E-state index contributed by atoms with van der Waals surface area (Å²) in [6.07, 6.45) is 8.74. The van der Waals surface area contributed by atoms with E-state index >= 15 is 0 Å². The Hall–Kier alpha value is -0.650. The number of hydrogen-bond acceptors (Lipinski definition) is 4. The molecular formula is C18H32N2O3. The van der Waals surface area contributed by atoms with Crippen LogP contribution in [-0.2, 0) is 4.79 Å². The first-order chi connectivity index (χ1) is 11.1. The number of aliphatic hydroxyl groups is 2. The van der Waals surface area contributed by atoms with Crippen molar-refractivity contribution in [2.24, 2.45) is 5.92 Å². The van der Waals surface area contributed by atoms with Gasteiger partial charge in [-0.25, -0.2) is 0 Å². The van der Waals surface area contributed by atoms with Gasteiger partial charge in [0.05, 0.1) is 12.2 Å². The van der Waals surface area contributed by atoms with Crippen LogP contribution in [0.4, 0.5) is 0 Å². The van der Waals surface area contributed by atoms with Gasteiger partial charge in [-0.3, -0.25) is 9.69 Å². The topological polar surface area (TPSA) is 64.0 Å². The summed E-state index contributed by atoms with van der Waals surface area (Å²) in [4.78, 5) is 17.0. The van der Waals surface area contributed by atoms with E-state index in [4.69, 9.17) is 0 Å². The van der Waals surface area contributed by atoms with E-state index in [1.807, 2.05) is 4.90 Å². The van der Waals surface area contributed by atoms with Crippen molar-refractivity contribution in [1.82, 2.24) is 9.80 Å². The monoisotopic (exact) mass is 324 g/mol. The van der Waals surface area contributed by atoms with Crippen molar-refractivity contribution in [3.05, 3.63) is 0 Å². The van der Waals surface area contributed by atoms with Crippen LogP contribution >= 0.6 is 0 Å². The van der Waals surface area contributed by atoms with Crippen LogP contribution in [-0.4, -0.2) is 70.3 Å². The molecule has 2 atom stereocenters. The second-order valence-electron chi connectivity index (χ2n) is 7.66. The zero-order valence-corrected chi connectivity index (χ0v) is 14.2. The molecule has 3 rings (SSSR count). The van der Waals surface area contributed by atoms with Crippen LogP contribution in [0.25, 0.3) is 0 Å². The molecule has 3 aliphatic rings. The number of β-amino-alcohol motifs (C(OH)–C–C–N with tert-alkyl or cyclic N) is 1. The van der Waals surface area contributed by atoms with Crippen LogP contribution in [0.15, 0.2) is 0 Å². The van der Waals surface area contributed by atoms with Crippen molar-refractivity contribution < 1.29 is 15.0 Å². The Morgan fingerprint density at radius 1 is 0.826 bits per heavy atom. The van der Waals surface area contributed by atoms with Gasteiger partial charge in [-0.1, -0.05) is 25.7 Å². The third-order valence-electron chi connectivity index (χ3n) is 6.03. The van der Waals surface area contributed by atoms with Crippen molar-refractivity contribution in [2.45, 2.75) is 76.0 Å². The molecule has 23 heavy (non-hydrogen) atoms. The van der Waals surface area contributed by atoms with Gasteiger partial charge in [0.25, 0.3) is 0 Å². The molecule has 2 N–H and O–H groups in total. The summed E-state index contributed by atoms with van der Waals surface area (Å²) >= 11 is 0. The number of nitrogens with zero attached hydrogens (tertiary/aromatic N) is 2. The molecule has 0 unspecified atom stereocenters. The van der Waals surface area contributed by atoms with Gasteiger partial charge in [-0.05, 0) is 32.1 Å². The third-order valence-corrected chi connectivity index (χ3v) is 6.03.